The predicted octanol–water partition coefficient (Wildman–Crippen LogP) is 3.40. The van der Waals surface area contributed by atoms with Crippen molar-refractivity contribution >= 4 is 28.8 Å². The van der Waals surface area contributed by atoms with Gasteiger partial charge in [-0.2, -0.15) is 0 Å². The lowest BCUT2D eigenvalue weighted by molar-refractivity contribution is -0.384. The Morgan fingerprint density at radius 3 is 2.73 bits per heavy atom. The van der Waals surface area contributed by atoms with Gasteiger partial charge in [0.2, 0.25) is 0 Å². The summed E-state index contributed by atoms with van der Waals surface area (Å²) >= 11 is 3.44. The van der Waals surface area contributed by atoms with E-state index in [9.17, 15) is 10.1 Å². The molecule has 2 atom stereocenters. The molecule has 1 aromatic heterocycles. The van der Waals surface area contributed by atoms with Crippen molar-refractivity contribution in [1.29, 1.82) is 0 Å². The number of thiophene rings is 1. The van der Waals surface area contributed by atoms with Gasteiger partial charge in [0.05, 0.1) is 4.92 Å². The normalized spacial score (nSPS) is 18.6. The molecule has 2 heterocycles. The molecule has 1 aliphatic heterocycles. The molecule has 0 fully saturated rings. The molecular weight excluding hydrogens is 318 g/mol. The minimum atomic E-state index is -0.396. The second-order valence-electron chi connectivity index (χ2n) is 4.98. The number of hydrogen-bond donors (Lipinski definition) is 2. The van der Waals surface area contributed by atoms with Gasteiger partial charge in [-0.3, -0.25) is 10.1 Å². The van der Waals surface area contributed by atoms with Gasteiger partial charge < -0.3 is 11.1 Å². The summed E-state index contributed by atoms with van der Waals surface area (Å²) in [6, 6.07) is 10.6. The Balaban J connectivity index is 1.60. The molecule has 1 aromatic carbocycles. The number of thioether (sulfide) groups is 1. The summed E-state index contributed by atoms with van der Waals surface area (Å²) in [5.74, 6) is 0. The molecule has 0 aliphatic carbocycles. The van der Waals surface area contributed by atoms with Crippen LogP contribution in [-0.2, 0) is 6.42 Å². The van der Waals surface area contributed by atoms with Crippen LogP contribution in [0.4, 0.5) is 5.69 Å². The zero-order valence-corrected chi connectivity index (χ0v) is 13.3. The molecule has 1 unspecified atom stereocenters. The number of nitro benzene ring substituents is 1. The minimum Gasteiger partial charge on any atom is -0.370 e. The van der Waals surface area contributed by atoms with E-state index in [1.54, 1.807) is 35.2 Å². The van der Waals surface area contributed by atoms with Gasteiger partial charge in [-0.05, 0) is 28.8 Å². The summed E-state index contributed by atoms with van der Waals surface area (Å²) < 4.78 is 0. The summed E-state index contributed by atoms with van der Waals surface area (Å²) in [5, 5.41) is 18.5. The summed E-state index contributed by atoms with van der Waals surface area (Å²) in [6.45, 7) is 0. The molecule has 2 aromatic rings. The van der Waals surface area contributed by atoms with Gasteiger partial charge in [-0.1, -0.05) is 18.2 Å². The number of hydrogen-bond acceptors (Lipinski definition) is 6. The van der Waals surface area contributed by atoms with Crippen molar-refractivity contribution in [3.05, 3.63) is 73.4 Å². The highest BCUT2D eigenvalue weighted by Gasteiger charge is 2.23. The second kappa shape index (κ2) is 6.51. The Morgan fingerprint density at radius 2 is 2.09 bits per heavy atom. The number of non-ortho nitro benzene ring substituents is 1. The molecule has 3 N–H and O–H groups in total. The lowest BCUT2D eigenvalue weighted by Crippen LogP contribution is -2.31. The molecule has 5 nitrogen and oxygen atoms in total. The van der Waals surface area contributed by atoms with E-state index in [1.165, 1.54) is 17.0 Å². The average molecular weight is 333 g/mol. The second-order valence-corrected chi connectivity index (χ2v) is 6.94. The van der Waals surface area contributed by atoms with Crippen LogP contribution in [0.25, 0.3) is 0 Å². The molecule has 0 radical (unpaired) electrons. The fourth-order valence-corrected chi connectivity index (χ4v) is 4.18. The van der Waals surface area contributed by atoms with Crippen LogP contribution in [0.5, 0.6) is 0 Å². The summed E-state index contributed by atoms with van der Waals surface area (Å²) in [7, 11) is 0. The first-order valence-electron chi connectivity index (χ1n) is 6.78. The molecule has 0 amide bonds. The third-order valence-corrected chi connectivity index (χ3v) is 5.55. The topological polar surface area (TPSA) is 81.2 Å². The molecule has 22 heavy (non-hydrogen) atoms. The van der Waals surface area contributed by atoms with Crippen molar-refractivity contribution in [3.8, 4) is 0 Å². The number of benzene rings is 1. The largest absolute Gasteiger partial charge is 0.370 e. The molecule has 114 valence electrons. The van der Waals surface area contributed by atoms with Crippen molar-refractivity contribution in [2.24, 2.45) is 5.73 Å². The van der Waals surface area contributed by atoms with Crippen LogP contribution in [-0.4, -0.2) is 11.0 Å². The van der Waals surface area contributed by atoms with E-state index in [4.69, 9.17) is 5.73 Å². The number of nitro groups is 1. The van der Waals surface area contributed by atoms with Gasteiger partial charge in [-0.25, -0.2) is 0 Å². The number of rotatable bonds is 5. The molecule has 0 saturated carbocycles. The minimum absolute atomic E-state index is 0.101. The lowest BCUT2D eigenvalue weighted by atomic mass is 10.0. The van der Waals surface area contributed by atoms with E-state index in [2.05, 4.69) is 22.2 Å². The van der Waals surface area contributed by atoms with Crippen LogP contribution in [0.2, 0.25) is 0 Å². The van der Waals surface area contributed by atoms with Gasteiger partial charge >= 0.3 is 0 Å². The van der Waals surface area contributed by atoms with E-state index in [0.29, 0.717) is 6.42 Å². The Kier molecular flexibility index (Phi) is 4.47. The summed E-state index contributed by atoms with van der Waals surface area (Å²) in [5.41, 5.74) is 8.36. The Labute approximate surface area is 136 Å². The van der Waals surface area contributed by atoms with E-state index in [0.717, 1.165) is 11.3 Å². The van der Waals surface area contributed by atoms with Crippen LogP contribution >= 0.6 is 23.1 Å². The van der Waals surface area contributed by atoms with Crippen molar-refractivity contribution in [2.45, 2.75) is 17.8 Å². The molecule has 7 heteroatoms. The zero-order chi connectivity index (χ0) is 15.5. The SMILES string of the molecule is N[C@@H](Cc1ccc([N+](=O)[O-])cc1)C1=CSC(c2cccs2)N1. The Hall–Kier alpha value is -1.83. The monoisotopic (exact) mass is 333 g/mol. The number of nitrogens with two attached hydrogens (primary N) is 1. The van der Waals surface area contributed by atoms with Gasteiger partial charge in [0.1, 0.15) is 5.37 Å². The fourth-order valence-electron chi connectivity index (χ4n) is 2.25. The molecule has 3 rings (SSSR count). The Bertz CT molecular complexity index is 683. The van der Waals surface area contributed by atoms with Crippen LogP contribution in [0, 0.1) is 10.1 Å². The zero-order valence-electron chi connectivity index (χ0n) is 11.6. The third kappa shape index (κ3) is 3.32. The van der Waals surface area contributed by atoms with E-state index < -0.39 is 4.92 Å². The fraction of sp³-hybridized carbons (Fsp3) is 0.200. The van der Waals surface area contributed by atoms with Crippen LogP contribution in [0.3, 0.4) is 0 Å². The van der Waals surface area contributed by atoms with E-state index in [-0.39, 0.29) is 17.1 Å². The summed E-state index contributed by atoms with van der Waals surface area (Å²) in [6.07, 6.45) is 0.647. The van der Waals surface area contributed by atoms with Crippen LogP contribution < -0.4 is 11.1 Å². The quantitative estimate of drug-likeness (QED) is 0.647. The highest BCUT2D eigenvalue weighted by atomic mass is 32.2. The van der Waals surface area contributed by atoms with Gasteiger partial charge in [0, 0.05) is 28.7 Å². The first-order chi connectivity index (χ1) is 10.6. The average Bonchev–Trinajstić information content (AvgIpc) is 3.19. The molecule has 0 bridgehead atoms. The molecular formula is C15H15N3O2S2. The van der Waals surface area contributed by atoms with Crippen LogP contribution in [0.1, 0.15) is 15.8 Å². The maximum absolute atomic E-state index is 10.7. The molecule has 0 spiro atoms. The van der Waals surface area contributed by atoms with E-state index >= 15 is 0 Å². The van der Waals surface area contributed by atoms with Gasteiger partial charge in [0.25, 0.3) is 5.69 Å². The maximum Gasteiger partial charge on any atom is 0.269 e. The number of nitrogens with one attached hydrogen (secondary N) is 1. The van der Waals surface area contributed by atoms with Gasteiger partial charge in [-0.15, -0.1) is 23.1 Å². The standard InChI is InChI=1S/C15H15N3O2S2/c16-12(8-10-3-5-11(6-4-10)18(19)20)13-9-22-15(17-13)14-2-1-7-21-14/h1-7,9,12,15,17H,8,16H2/t12-,15?/m0/s1. The van der Waals surface area contributed by atoms with Crippen molar-refractivity contribution < 1.29 is 4.92 Å². The first-order valence-corrected chi connectivity index (χ1v) is 8.60. The maximum atomic E-state index is 10.7. The number of nitrogens with zero attached hydrogens (tertiary/aromatic N) is 1. The van der Waals surface area contributed by atoms with Crippen molar-refractivity contribution in [3.63, 3.8) is 0 Å². The van der Waals surface area contributed by atoms with Gasteiger partial charge in [0.15, 0.2) is 0 Å². The smallest absolute Gasteiger partial charge is 0.269 e. The highest BCUT2D eigenvalue weighted by molar-refractivity contribution is 8.02. The third-order valence-electron chi connectivity index (χ3n) is 3.43. The summed E-state index contributed by atoms with van der Waals surface area (Å²) in [4.78, 5) is 11.5. The predicted molar refractivity (Wildman–Crippen MR) is 90.6 cm³/mol. The molecule has 1 aliphatic rings. The molecule has 0 saturated heterocycles. The van der Waals surface area contributed by atoms with Crippen molar-refractivity contribution in [2.75, 3.05) is 0 Å². The first kappa shape index (κ1) is 15.1. The van der Waals surface area contributed by atoms with Crippen molar-refractivity contribution in [1.82, 2.24) is 5.32 Å². The highest BCUT2D eigenvalue weighted by Crippen LogP contribution is 2.37. The van der Waals surface area contributed by atoms with E-state index in [1.807, 2.05) is 6.07 Å². The Morgan fingerprint density at radius 1 is 1.32 bits per heavy atom. The van der Waals surface area contributed by atoms with Crippen LogP contribution in [0.15, 0.2) is 52.9 Å². The lowest BCUT2D eigenvalue weighted by Gasteiger charge is -2.16.